The van der Waals surface area contributed by atoms with Gasteiger partial charge in [0, 0.05) is 10.0 Å². The Morgan fingerprint density at radius 2 is 2.06 bits per heavy atom. The molecule has 0 radical (unpaired) electrons. The van der Waals surface area contributed by atoms with Gasteiger partial charge in [-0.05, 0) is 18.2 Å². The topological polar surface area (TPSA) is 73.9 Å². The van der Waals surface area contributed by atoms with E-state index >= 15 is 0 Å². The van der Waals surface area contributed by atoms with Gasteiger partial charge >= 0.3 is 0 Å². The third-order valence-corrected chi connectivity index (χ3v) is 2.65. The summed E-state index contributed by atoms with van der Waals surface area (Å²) < 4.78 is 5.50. The molecule has 0 saturated heterocycles. The van der Waals surface area contributed by atoms with Crippen LogP contribution in [0.25, 0.3) is 0 Å². The summed E-state index contributed by atoms with van der Waals surface area (Å²) in [5.74, 6) is -1.32. The number of Topliss-reactive ketones (excluding diaryl/α,β-unsaturated/α-hetero) is 1. The summed E-state index contributed by atoms with van der Waals surface area (Å²) in [6, 6.07) is 8.09. The molecule has 0 atom stereocenters. The maximum absolute atomic E-state index is 11.8. The highest BCUT2D eigenvalue weighted by Gasteiger charge is 2.21. The molecule has 1 aromatic carbocycles. The molecule has 0 aliphatic heterocycles. The van der Waals surface area contributed by atoms with Crippen molar-refractivity contribution in [3.05, 3.63) is 28.2 Å². The fourth-order valence-electron chi connectivity index (χ4n) is 1.12. The molecule has 0 N–H and O–H groups in total. The van der Waals surface area contributed by atoms with Crippen molar-refractivity contribution in [2.75, 3.05) is 7.11 Å². The highest BCUT2D eigenvalue weighted by atomic mass is 79.9. The number of hydrogen-bond donors (Lipinski definition) is 0. The second-order valence-electron chi connectivity index (χ2n) is 2.90. The second kappa shape index (κ2) is 5.29. The van der Waals surface area contributed by atoms with Gasteiger partial charge in [-0.3, -0.25) is 4.79 Å². The van der Waals surface area contributed by atoms with E-state index in [0.717, 1.165) is 0 Å². The van der Waals surface area contributed by atoms with Crippen LogP contribution in [0.3, 0.4) is 0 Å². The van der Waals surface area contributed by atoms with E-state index in [1.807, 2.05) is 0 Å². The zero-order chi connectivity index (χ0) is 12.1. The van der Waals surface area contributed by atoms with Crippen LogP contribution in [-0.4, -0.2) is 12.9 Å². The number of ketones is 1. The van der Waals surface area contributed by atoms with Crippen molar-refractivity contribution in [3.8, 4) is 17.9 Å². The van der Waals surface area contributed by atoms with Crippen LogP contribution in [0.15, 0.2) is 22.7 Å². The third-order valence-electron chi connectivity index (χ3n) is 1.96. The number of nitriles is 2. The van der Waals surface area contributed by atoms with Crippen LogP contribution in [0.1, 0.15) is 10.4 Å². The van der Waals surface area contributed by atoms with E-state index < -0.39 is 11.7 Å². The lowest BCUT2D eigenvalue weighted by atomic mass is 10.0. The molecule has 0 spiro atoms. The van der Waals surface area contributed by atoms with Gasteiger partial charge in [0.2, 0.25) is 0 Å². The van der Waals surface area contributed by atoms with Crippen LogP contribution in [-0.2, 0) is 0 Å². The van der Waals surface area contributed by atoms with Gasteiger partial charge in [0.25, 0.3) is 0 Å². The van der Waals surface area contributed by atoms with Crippen molar-refractivity contribution in [1.82, 2.24) is 0 Å². The van der Waals surface area contributed by atoms with E-state index in [2.05, 4.69) is 15.9 Å². The molecule has 0 fully saturated rings. The fraction of sp³-hybridized carbons (Fsp3) is 0.182. The molecule has 0 aromatic heterocycles. The number of ether oxygens (including phenoxy) is 1. The normalized spacial score (nSPS) is 9.31. The predicted octanol–water partition coefficient (Wildman–Crippen LogP) is 2.30. The molecular weight excluding hydrogens is 272 g/mol. The summed E-state index contributed by atoms with van der Waals surface area (Å²) in [4.78, 5) is 11.8. The first-order chi connectivity index (χ1) is 7.63. The molecule has 1 rings (SSSR count). The van der Waals surface area contributed by atoms with Gasteiger partial charge in [0.05, 0.1) is 19.2 Å². The molecule has 0 heterocycles. The molecule has 0 aliphatic carbocycles. The summed E-state index contributed by atoms with van der Waals surface area (Å²) in [6.07, 6.45) is 0. The van der Waals surface area contributed by atoms with Crippen molar-refractivity contribution in [2.24, 2.45) is 5.92 Å². The van der Waals surface area contributed by atoms with Crippen LogP contribution in [0.5, 0.6) is 5.75 Å². The van der Waals surface area contributed by atoms with Gasteiger partial charge in [0.1, 0.15) is 5.75 Å². The number of halogens is 1. The van der Waals surface area contributed by atoms with Crippen molar-refractivity contribution >= 4 is 21.7 Å². The smallest absolute Gasteiger partial charge is 0.195 e. The van der Waals surface area contributed by atoms with E-state index in [9.17, 15) is 4.79 Å². The van der Waals surface area contributed by atoms with Gasteiger partial charge in [-0.15, -0.1) is 0 Å². The van der Waals surface area contributed by atoms with Crippen LogP contribution in [0, 0.1) is 28.6 Å². The monoisotopic (exact) mass is 278 g/mol. The molecule has 80 valence electrons. The van der Waals surface area contributed by atoms with E-state index in [1.165, 1.54) is 13.2 Å². The Labute approximate surface area is 101 Å². The third kappa shape index (κ3) is 2.39. The Morgan fingerprint density at radius 1 is 1.44 bits per heavy atom. The van der Waals surface area contributed by atoms with Gasteiger partial charge in [-0.25, -0.2) is 0 Å². The molecular formula is C11H7BrN2O2. The number of hydrogen-bond acceptors (Lipinski definition) is 4. The van der Waals surface area contributed by atoms with E-state index in [0.29, 0.717) is 10.2 Å². The summed E-state index contributed by atoms with van der Waals surface area (Å²) >= 11 is 3.19. The quantitative estimate of drug-likeness (QED) is 0.796. The number of carbonyl (C=O) groups excluding carboxylic acids is 1. The minimum Gasteiger partial charge on any atom is -0.497 e. The summed E-state index contributed by atoms with van der Waals surface area (Å²) in [5.41, 5.74) is 0.271. The maximum atomic E-state index is 11.8. The minimum atomic E-state index is -1.29. The first kappa shape index (κ1) is 12.2. The van der Waals surface area contributed by atoms with Gasteiger partial charge < -0.3 is 4.74 Å². The number of carbonyl (C=O) groups is 1. The fourth-order valence-corrected chi connectivity index (χ4v) is 1.56. The highest BCUT2D eigenvalue weighted by molar-refractivity contribution is 9.10. The highest BCUT2D eigenvalue weighted by Crippen LogP contribution is 2.24. The lowest BCUT2D eigenvalue weighted by molar-refractivity contribution is 0.0970. The first-order valence-electron chi connectivity index (χ1n) is 4.31. The Kier molecular flexibility index (Phi) is 4.04. The Morgan fingerprint density at radius 3 is 2.56 bits per heavy atom. The average Bonchev–Trinajstić information content (AvgIpc) is 2.31. The summed E-state index contributed by atoms with van der Waals surface area (Å²) in [7, 11) is 1.48. The number of methoxy groups -OCH3 is 1. The molecule has 0 bridgehead atoms. The number of benzene rings is 1. The van der Waals surface area contributed by atoms with Gasteiger partial charge in [0.15, 0.2) is 11.7 Å². The first-order valence-corrected chi connectivity index (χ1v) is 5.10. The lowest BCUT2D eigenvalue weighted by Crippen LogP contribution is -2.11. The minimum absolute atomic E-state index is 0.271. The average molecular weight is 279 g/mol. The summed E-state index contributed by atoms with van der Waals surface area (Å²) in [6.45, 7) is 0. The molecule has 0 aliphatic rings. The molecule has 5 heteroatoms. The maximum Gasteiger partial charge on any atom is 0.195 e. The molecule has 0 unspecified atom stereocenters. The number of nitrogens with zero attached hydrogens (tertiary/aromatic N) is 2. The number of rotatable bonds is 3. The lowest BCUT2D eigenvalue weighted by Gasteiger charge is -2.06. The molecule has 4 nitrogen and oxygen atoms in total. The van der Waals surface area contributed by atoms with Gasteiger partial charge in [-0.2, -0.15) is 10.5 Å². The predicted molar refractivity (Wildman–Crippen MR) is 59.7 cm³/mol. The van der Waals surface area contributed by atoms with E-state index in [-0.39, 0.29) is 5.56 Å². The largest absolute Gasteiger partial charge is 0.497 e. The Hall–Kier alpha value is -1.85. The molecule has 0 saturated carbocycles. The zero-order valence-corrected chi connectivity index (χ0v) is 9.98. The van der Waals surface area contributed by atoms with Crippen molar-refractivity contribution in [1.29, 1.82) is 10.5 Å². The molecule has 16 heavy (non-hydrogen) atoms. The standard InChI is InChI=1S/C11H7BrN2O2/c1-16-8-2-3-10(12)9(4-8)11(15)7(5-13)6-14/h2-4,7H,1H3. The van der Waals surface area contributed by atoms with Crippen LogP contribution in [0.2, 0.25) is 0 Å². The van der Waals surface area contributed by atoms with Gasteiger partial charge in [-0.1, -0.05) is 15.9 Å². The SMILES string of the molecule is COc1ccc(Br)c(C(=O)C(C#N)C#N)c1. The van der Waals surface area contributed by atoms with Crippen molar-refractivity contribution in [2.45, 2.75) is 0 Å². The van der Waals surface area contributed by atoms with Crippen LogP contribution < -0.4 is 4.74 Å². The van der Waals surface area contributed by atoms with E-state index in [4.69, 9.17) is 15.3 Å². The van der Waals surface area contributed by atoms with E-state index in [1.54, 1.807) is 24.3 Å². The van der Waals surface area contributed by atoms with Crippen LogP contribution >= 0.6 is 15.9 Å². The second-order valence-corrected chi connectivity index (χ2v) is 3.76. The summed E-state index contributed by atoms with van der Waals surface area (Å²) in [5, 5.41) is 17.3. The van der Waals surface area contributed by atoms with Crippen molar-refractivity contribution < 1.29 is 9.53 Å². The zero-order valence-electron chi connectivity index (χ0n) is 8.40. The molecule has 0 amide bonds. The van der Waals surface area contributed by atoms with Crippen molar-refractivity contribution in [3.63, 3.8) is 0 Å². The Bertz CT molecular complexity index is 486. The van der Waals surface area contributed by atoms with Crippen LogP contribution in [0.4, 0.5) is 0 Å². The Balaban J connectivity index is 3.19. The molecule has 1 aromatic rings.